The number of carbonyl (C=O) groups excluding carboxylic acids is 1. The van der Waals surface area contributed by atoms with Gasteiger partial charge in [0.25, 0.3) is 0 Å². The van der Waals surface area contributed by atoms with E-state index in [1.807, 2.05) is 6.07 Å². The van der Waals surface area contributed by atoms with Crippen LogP contribution in [-0.4, -0.2) is 5.78 Å². The molecule has 0 aliphatic rings. The molecule has 1 atom stereocenters. The summed E-state index contributed by atoms with van der Waals surface area (Å²) in [6.45, 7) is 0. The molecule has 0 aliphatic heterocycles. The lowest BCUT2D eigenvalue weighted by Gasteiger charge is -2.12. The molecule has 0 saturated carbocycles. The Balaban J connectivity index is 2.48. The van der Waals surface area contributed by atoms with Crippen LogP contribution in [0, 0.1) is 11.3 Å². The van der Waals surface area contributed by atoms with E-state index in [0.29, 0.717) is 16.1 Å². The van der Waals surface area contributed by atoms with Gasteiger partial charge in [0.15, 0.2) is 5.78 Å². The number of nitrogens with zero attached hydrogens (tertiary/aromatic N) is 1. The Bertz CT molecular complexity index is 709. The van der Waals surface area contributed by atoms with E-state index >= 15 is 0 Å². The highest BCUT2D eigenvalue weighted by Gasteiger charge is 2.25. The normalized spacial score (nSPS) is 11.7. The Hall–Kier alpha value is -1.15. The molecule has 0 spiro atoms. The molecule has 20 heavy (non-hydrogen) atoms. The van der Waals surface area contributed by atoms with Crippen molar-refractivity contribution >= 4 is 49.2 Å². The van der Waals surface area contributed by atoms with Gasteiger partial charge < -0.3 is 0 Å². The second-order valence-corrected chi connectivity index (χ2v) is 6.25. The van der Waals surface area contributed by atoms with E-state index in [1.54, 1.807) is 36.4 Å². The van der Waals surface area contributed by atoms with Crippen LogP contribution < -0.4 is 0 Å². The van der Waals surface area contributed by atoms with Crippen LogP contribution in [0.2, 0.25) is 5.02 Å². The first-order chi connectivity index (χ1) is 9.54. The Labute approximate surface area is 138 Å². The molecule has 5 heteroatoms. The average Bonchev–Trinajstić information content (AvgIpc) is 2.44. The van der Waals surface area contributed by atoms with Crippen molar-refractivity contribution in [3.05, 3.63) is 67.6 Å². The summed E-state index contributed by atoms with van der Waals surface area (Å²) in [5.74, 6) is -1.21. The monoisotopic (exact) mass is 411 g/mol. The number of hydrogen-bond acceptors (Lipinski definition) is 2. The Morgan fingerprint density at radius 3 is 2.55 bits per heavy atom. The van der Waals surface area contributed by atoms with E-state index < -0.39 is 5.92 Å². The Kier molecular flexibility index (Phi) is 4.98. The maximum Gasteiger partial charge on any atom is 0.186 e. The lowest BCUT2D eigenvalue weighted by molar-refractivity contribution is 0.0978. The minimum absolute atomic E-state index is 0.314. The van der Waals surface area contributed by atoms with Crippen LogP contribution in [0.1, 0.15) is 21.8 Å². The Morgan fingerprint density at radius 2 is 1.90 bits per heavy atom. The zero-order valence-corrected chi connectivity index (χ0v) is 14.0. The molecular weight excluding hydrogens is 405 g/mol. The molecule has 1 unspecified atom stereocenters. The summed E-state index contributed by atoms with van der Waals surface area (Å²) >= 11 is 12.7. The molecule has 0 aliphatic carbocycles. The SMILES string of the molecule is N#CC(C(=O)c1cc(Br)ccc1Cl)c1ccccc1Br. The Morgan fingerprint density at radius 1 is 1.20 bits per heavy atom. The van der Waals surface area contributed by atoms with Gasteiger partial charge in [-0.1, -0.05) is 61.7 Å². The largest absolute Gasteiger partial charge is 0.292 e. The molecule has 0 heterocycles. The molecule has 0 radical (unpaired) electrons. The van der Waals surface area contributed by atoms with Crippen molar-refractivity contribution in [2.75, 3.05) is 0 Å². The first-order valence-electron chi connectivity index (χ1n) is 5.68. The number of nitriles is 1. The highest BCUT2D eigenvalue weighted by Crippen LogP contribution is 2.30. The molecule has 2 rings (SSSR count). The van der Waals surface area contributed by atoms with Gasteiger partial charge in [0.1, 0.15) is 5.92 Å². The highest BCUT2D eigenvalue weighted by atomic mass is 79.9. The summed E-state index contributed by atoms with van der Waals surface area (Å²) in [6.07, 6.45) is 0. The molecule has 0 amide bonds. The van der Waals surface area contributed by atoms with E-state index in [-0.39, 0.29) is 5.78 Å². The minimum Gasteiger partial charge on any atom is -0.292 e. The highest BCUT2D eigenvalue weighted by molar-refractivity contribution is 9.10. The van der Waals surface area contributed by atoms with E-state index in [0.717, 1.165) is 8.95 Å². The fraction of sp³-hybridized carbons (Fsp3) is 0.0667. The van der Waals surface area contributed by atoms with Crippen LogP contribution in [-0.2, 0) is 0 Å². The molecule has 0 saturated heterocycles. The molecule has 0 fully saturated rings. The molecule has 0 N–H and O–H groups in total. The average molecular weight is 413 g/mol. The van der Waals surface area contributed by atoms with E-state index in [9.17, 15) is 10.1 Å². The first kappa shape index (κ1) is 15.2. The van der Waals surface area contributed by atoms with Gasteiger partial charge in [-0.3, -0.25) is 4.79 Å². The third-order valence-electron chi connectivity index (χ3n) is 2.80. The summed E-state index contributed by atoms with van der Waals surface area (Å²) in [5.41, 5.74) is 0.972. The van der Waals surface area contributed by atoms with Crippen LogP contribution in [0.15, 0.2) is 51.4 Å². The molecule has 2 nitrogen and oxygen atoms in total. The minimum atomic E-state index is -0.891. The number of hydrogen-bond donors (Lipinski definition) is 0. The fourth-order valence-electron chi connectivity index (χ4n) is 1.82. The summed E-state index contributed by atoms with van der Waals surface area (Å²) in [5, 5.41) is 9.69. The molecule has 100 valence electrons. The number of Topliss-reactive ketones (excluding diaryl/α,β-unsaturated/α-hetero) is 1. The topological polar surface area (TPSA) is 40.9 Å². The molecule has 0 bridgehead atoms. The zero-order chi connectivity index (χ0) is 14.7. The molecule has 2 aromatic carbocycles. The van der Waals surface area contributed by atoms with Gasteiger partial charge in [0, 0.05) is 14.5 Å². The quantitative estimate of drug-likeness (QED) is 0.636. The maximum absolute atomic E-state index is 12.6. The van der Waals surface area contributed by atoms with Crippen molar-refractivity contribution in [2.24, 2.45) is 0 Å². The van der Waals surface area contributed by atoms with Crippen molar-refractivity contribution in [3.63, 3.8) is 0 Å². The summed E-state index contributed by atoms with van der Waals surface area (Å²) in [4.78, 5) is 12.6. The summed E-state index contributed by atoms with van der Waals surface area (Å²) < 4.78 is 1.47. The maximum atomic E-state index is 12.6. The van der Waals surface area contributed by atoms with Crippen LogP contribution in [0.4, 0.5) is 0 Å². The van der Waals surface area contributed by atoms with Crippen LogP contribution in [0.3, 0.4) is 0 Å². The van der Waals surface area contributed by atoms with E-state index in [4.69, 9.17) is 11.6 Å². The third-order valence-corrected chi connectivity index (χ3v) is 4.35. The van der Waals surface area contributed by atoms with Gasteiger partial charge in [-0.05, 0) is 29.8 Å². The second kappa shape index (κ2) is 6.53. The summed E-state index contributed by atoms with van der Waals surface area (Å²) in [6, 6.07) is 14.2. The van der Waals surface area contributed by atoms with Gasteiger partial charge in [-0.2, -0.15) is 5.26 Å². The van der Waals surface area contributed by atoms with Crippen LogP contribution >= 0.6 is 43.5 Å². The van der Waals surface area contributed by atoms with Gasteiger partial charge >= 0.3 is 0 Å². The van der Waals surface area contributed by atoms with Crippen molar-refractivity contribution in [3.8, 4) is 6.07 Å². The first-order valence-corrected chi connectivity index (χ1v) is 7.64. The lowest BCUT2D eigenvalue weighted by Crippen LogP contribution is -2.12. The number of ketones is 1. The number of benzene rings is 2. The molecular formula is C15H8Br2ClNO. The van der Waals surface area contributed by atoms with Crippen molar-refractivity contribution in [1.82, 2.24) is 0 Å². The standard InChI is InChI=1S/C15H8Br2ClNO/c16-9-5-6-14(18)11(7-9)15(20)12(8-19)10-3-1-2-4-13(10)17/h1-7,12H. The predicted octanol–water partition coefficient (Wildman–Crippen LogP) is 5.36. The van der Waals surface area contributed by atoms with Gasteiger partial charge in [-0.15, -0.1) is 0 Å². The number of carbonyl (C=O) groups is 1. The number of rotatable bonds is 3. The summed E-state index contributed by atoms with van der Waals surface area (Å²) in [7, 11) is 0. The van der Waals surface area contributed by atoms with Crippen LogP contribution in [0.25, 0.3) is 0 Å². The third kappa shape index (κ3) is 3.12. The smallest absolute Gasteiger partial charge is 0.186 e. The van der Waals surface area contributed by atoms with Crippen molar-refractivity contribution in [1.29, 1.82) is 5.26 Å². The van der Waals surface area contributed by atoms with Crippen LogP contribution in [0.5, 0.6) is 0 Å². The van der Waals surface area contributed by atoms with Crippen molar-refractivity contribution < 1.29 is 4.79 Å². The predicted molar refractivity (Wildman–Crippen MR) is 86.0 cm³/mol. The van der Waals surface area contributed by atoms with Crippen molar-refractivity contribution in [2.45, 2.75) is 5.92 Å². The number of halogens is 3. The zero-order valence-electron chi connectivity index (χ0n) is 10.1. The fourth-order valence-corrected chi connectivity index (χ4v) is 2.91. The molecule has 2 aromatic rings. The van der Waals surface area contributed by atoms with Gasteiger partial charge in [0.05, 0.1) is 11.1 Å². The molecule has 0 aromatic heterocycles. The van der Waals surface area contributed by atoms with E-state index in [1.165, 1.54) is 0 Å². The van der Waals surface area contributed by atoms with Gasteiger partial charge in [0.2, 0.25) is 0 Å². The van der Waals surface area contributed by atoms with Gasteiger partial charge in [-0.25, -0.2) is 0 Å². The second-order valence-electron chi connectivity index (χ2n) is 4.07. The van der Waals surface area contributed by atoms with E-state index in [2.05, 4.69) is 37.9 Å². The lowest BCUT2D eigenvalue weighted by atomic mass is 9.92.